The lowest BCUT2D eigenvalue weighted by molar-refractivity contribution is 0.0944. The van der Waals surface area contributed by atoms with Gasteiger partial charge in [0.05, 0.1) is 4.90 Å². The van der Waals surface area contributed by atoms with Crippen molar-refractivity contribution in [1.82, 2.24) is 14.5 Å². The minimum Gasteiger partial charge on any atom is -0.351 e. The molecule has 1 aliphatic heterocycles. The molecule has 1 amide bonds. The number of sulfonamides is 1. The maximum Gasteiger partial charge on any atom is 0.251 e. The Morgan fingerprint density at radius 1 is 1.00 bits per heavy atom. The third kappa shape index (κ3) is 6.91. The predicted octanol–water partition coefficient (Wildman–Crippen LogP) is 5.40. The van der Waals surface area contributed by atoms with E-state index in [1.807, 2.05) is 43.3 Å². The summed E-state index contributed by atoms with van der Waals surface area (Å²) in [5, 5.41) is 3.06. The van der Waals surface area contributed by atoms with Crippen LogP contribution in [0, 0.1) is 0 Å². The largest absolute Gasteiger partial charge is 0.351 e. The van der Waals surface area contributed by atoms with E-state index in [2.05, 4.69) is 52.1 Å². The molecular formula is C30H36BrN3O3S. The molecule has 0 bridgehead atoms. The third-order valence-corrected chi connectivity index (χ3v) is 9.52. The molecule has 0 aliphatic carbocycles. The van der Waals surface area contributed by atoms with Crippen LogP contribution >= 0.6 is 15.9 Å². The van der Waals surface area contributed by atoms with Gasteiger partial charge >= 0.3 is 0 Å². The molecule has 6 nitrogen and oxygen atoms in total. The highest BCUT2D eigenvalue weighted by Gasteiger charge is 2.28. The Morgan fingerprint density at radius 3 is 2.34 bits per heavy atom. The van der Waals surface area contributed by atoms with Crippen LogP contribution in [-0.2, 0) is 36.0 Å². The van der Waals surface area contributed by atoms with E-state index in [0.717, 1.165) is 40.7 Å². The summed E-state index contributed by atoms with van der Waals surface area (Å²) in [5.41, 5.74) is 4.93. The number of amides is 1. The van der Waals surface area contributed by atoms with Gasteiger partial charge in [-0.3, -0.25) is 9.69 Å². The number of halogens is 1. The fourth-order valence-corrected chi connectivity index (χ4v) is 6.36. The van der Waals surface area contributed by atoms with Gasteiger partial charge < -0.3 is 5.32 Å². The van der Waals surface area contributed by atoms with Crippen LogP contribution in [0.2, 0.25) is 0 Å². The summed E-state index contributed by atoms with van der Waals surface area (Å²) in [7, 11) is -3.56. The molecule has 1 heterocycles. The number of hydrogen-bond acceptors (Lipinski definition) is 4. The Labute approximate surface area is 235 Å². The molecule has 202 valence electrons. The summed E-state index contributed by atoms with van der Waals surface area (Å²) in [4.78, 5) is 15.6. The first-order chi connectivity index (χ1) is 18.2. The van der Waals surface area contributed by atoms with Crippen LogP contribution in [0.1, 0.15) is 53.4 Å². The summed E-state index contributed by atoms with van der Waals surface area (Å²) in [6.45, 7) is 9.20. The van der Waals surface area contributed by atoms with Crippen LogP contribution in [0.3, 0.4) is 0 Å². The highest BCUT2D eigenvalue weighted by Crippen LogP contribution is 2.26. The van der Waals surface area contributed by atoms with Crippen LogP contribution in [0.5, 0.6) is 0 Å². The zero-order valence-corrected chi connectivity index (χ0v) is 24.7. The van der Waals surface area contributed by atoms with Gasteiger partial charge in [0.15, 0.2) is 0 Å². The summed E-state index contributed by atoms with van der Waals surface area (Å²) in [6, 6.07) is 21.4. The third-order valence-electron chi connectivity index (χ3n) is 7.13. The van der Waals surface area contributed by atoms with E-state index in [9.17, 15) is 13.2 Å². The van der Waals surface area contributed by atoms with Gasteiger partial charge in [-0.2, -0.15) is 4.31 Å². The molecule has 0 radical (unpaired) electrons. The highest BCUT2D eigenvalue weighted by molar-refractivity contribution is 9.10. The molecule has 0 saturated heterocycles. The highest BCUT2D eigenvalue weighted by atomic mass is 79.9. The van der Waals surface area contributed by atoms with Crippen LogP contribution < -0.4 is 5.32 Å². The molecule has 1 N–H and O–H groups in total. The lowest BCUT2D eigenvalue weighted by Gasteiger charge is -2.28. The predicted molar refractivity (Wildman–Crippen MR) is 156 cm³/mol. The summed E-state index contributed by atoms with van der Waals surface area (Å²) >= 11 is 3.48. The number of hydrogen-bond donors (Lipinski definition) is 1. The fraction of sp³-hybridized carbons (Fsp3) is 0.367. The minimum absolute atomic E-state index is 0.105. The van der Waals surface area contributed by atoms with Crippen molar-refractivity contribution >= 4 is 31.9 Å². The van der Waals surface area contributed by atoms with Crippen molar-refractivity contribution in [2.45, 2.75) is 57.6 Å². The second-order valence-corrected chi connectivity index (χ2v) is 12.9. The molecule has 0 atom stereocenters. The number of carbonyl (C=O) groups is 1. The van der Waals surface area contributed by atoms with Crippen LogP contribution in [0.4, 0.5) is 0 Å². The maximum absolute atomic E-state index is 13.2. The average molecular weight is 599 g/mol. The number of aryl methyl sites for hydroxylation is 1. The summed E-state index contributed by atoms with van der Waals surface area (Å²) in [6.07, 6.45) is 1.45. The van der Waals surface area contributed by atoms with Crippen molar-refractivity contribution in [3.8, 4) is 0 Å². The molecular weight excluding hydrogens is 562 g/mol. The van der Waals surface area contributed by atoms with E-state index in [1.54, 1.807) is 18.2 Å². The van der Waals surface area contributed by atoms with Crippen molar-refractivity contribution in [2.75, 3.05) is 19.6 Å². The average Bonchev–Trinajstić information content (AvgIpc) is 2.92. The van der Waals surface area contributed by atoms with Gasteiger partial charge in [-0.15, -0.1) is 0 Å². The van der Waals surface area contributed by atoms with Gasteiger partial charge in [0, 0.05) is 48.8 Å². The molecule has 0 spiro atoms. The van der Waals surface area contributed by atoms with Crippen LogP contribution in [-0.4, -0.2) is 49.2 Å². The van der Waals surface area contributed by atoms with Crippen LogP contribution in [0.25, 0.3) is 0 Å². The van der Waals surface area contributed by atoms with Gasteiger partial charge in [-0.25, -0.2) is 8.42 Å². The molecule has 0 saturated carbocycles. The SMILES string of the molecule is CCc1ccc(S(=O)(=O)N2CCc3cc(C(=O)NCCN(Cc4ccc(Br)cc4)C(C)C)ccc3C2)cc1. The molecule has 0 aromatic heterocycles. The zero-order chi connectivity index (χ0) is 27.3. The van der Waals surface area contributed by atoms with Crippen molar-refractivity contribution in [3.05, 3.63) is 99.0 Å². The Morgan fingerprint density at radius 2 is 1.68 bits per heavy atom. The molecule has 0 unspecified atom stereocenters. The quantitative estimate of drug-likeness (QED) is 0.340. The number of fused-ring (bicyclic) bond motifs is 1. The first-order valence-electron chi connectivity index (χ1n) is 13.1. The Bertz CT molecular complexity index is 1360. The topological polar surface area (TPSA) is 69.7 Å². The van der Waals surface area contributed by atoms with Crippen molar-refractivity contribution in [1.29, 1.82) is 0 Å². The Balaban J connectivity index is 1.35. The normalized spacial score (nSPS) is 14.1. The molecule has 1 aliphatic rings. The standard InChI is InChI=1S/C30H36BrN3O3S/c1-4-23-7-13-29(14-8-23)38(36,37)34-17-15-25-19-26(9-10-27(25)21-34)30(35)32-16-18-33(22(2)3)20-24-5-11-28(31)12-6-24/h5-14,19,22H,4,15-18,20-21H2,1-3H3,(H,32,35). The Hall–Kier alpha value is -2.52. The lowest BCUT2D eigenvalue weighted by Crippen LogP contribution is -2.38. The molecule has 3 aromatic rings. The molecule has 3 aromatic carbocycles. The van der Waals surface area contributed by atoms with E-state index in [4.69, 9.17) is 0 Å². The van der Waals surface area contributed by atoms with Gasteiger partial charge in [0.1, 0.15) is 0 Å². The van der Waals surface area contributed by atoms with Gasteiger partial charge in [-0.1, -0.05) is 53.2 Å². The second-order valence-electron chi connectivity index (χ2n) is 10.0. The fourth-order valence-electron chi connectivity index (χ4n) is 4.68. The first-order valence-corrected chi connectivity index (χ1v) is 15.4. The molecule has 8 heteroatoms. The number of nitrogens with one attached hydrogen (secondary N) is 1. The molecule has 0 fully saturated rings. The zero-order valence-electron chi connectivity index (χ0n) is 22.3. The monoisotopic (exact) mass is 597 g/mol. The minimum atomic E-state index is -3.56. The lowest BCUT2D eigenvalue weighted by atomic mass is 9.98. The molecule has 38 heavy (non-hydrogen) atoms. The van der Waals surface area contributed by atoms with Crippen LogP contribution in [0.15, 0.2) is 76.1 Å². The van der Waals surface area contributed by atoms with E-state index >= 15 is 0 Å². The van der Waals surface area contributed by atoms with Gasteiger partial charge in [0.2, 0.25) is 10.0 Å². The summed E-state index contributed by atoms with van der Waals surface area (Å²) in [5.74, 6) is -0.105. The Kier molecular flexibility index (Phi) is 9.41. The summed E-state index contributed by atoms with van der Waals surface area (Å²) < 4.78 is 28.9. The van der Waals surface area contributed by atoms with E-state index < -0.39 is 10.0 Å². The van der Waals surface area contributed by atoms with Gasteiger partial charge in [0.25, 0.3) is 5.91 Å². The van der Waals surface area contributed by atoms with E-state index in [-0.39, 0.29) is 5.91 Å². The number of benzene rings is 3. The van der Waals surface area contributed by atoms with Crippen molar-refractivity contribution in [2.24, 2.45) is 0 Å². The van der Waals surface area contributed by atoms with Crippen molar-refractivity contribution in [3.63, 3.8) is 0 Å². The smallest absolute Gasteiger partial charge is 0.251 e. The maximum atomic E-state index is 13.2. The van der Waals surface area contributed by atoms with Crippen molar-refractivity contribution < 1.29 is 13.2 Å². The first kappa shape index (κ1) is 28.5. The number of carbonyl (C=O) groups excluding carboxylic acids is 1. The number of rotatable bonds is 10. The second kappa shape index (κ2) is 12.6. The van der Waals surface area contributed by atoms with E-state index in [1.165, 1.54) is 9.87 Å². The number of nitrogens with zero attached hydrogens (tertiary/aromatic N) is 2. The van der Waals surface area contributed by atoms with E-state index in [0.29, 0.717) is 42.6 Å². The van der Waals surface area contributed by atoms with Gasteiger partial charge in [-0.05, 0) is 85.3 Å². The molecule has 4 rings (SSSR count).